The fourth-order valence-electron chi connectivity index (χ4n) is 1.51. The summed E-state index contributed by atoms with van der Waals surface area (Å²) in [4.78, 5) is 11.3. The van der Waals surface area contributed by atoms with Crippen molar-refractivity contribution in [2.24, 2.45) is 0 Å². The number of hydrogen-bond donors (Lipinski definition) is 2. The highest BCUT2D eigenvalue weighted by molar-refractivity contribution is 6.32. The van der Waals surface area contributed by atoms with Gasteiger partial charge in [-0.15, -0.1) is 0 Å². The molecule has 0 aliphatic carbocycles. The van der Waals surface area contributed by atoms with Gasteiger partial charge in [-0.2, -0.15) is 5.26 Å². The lowest BCUT2D eigenvalue weighted by atomic mass is 10.2. The number of hydrogen-bond acceptors (Lipinski definition) is 4. The monoisotopic (exact) mass is 295 g/mol. The standard InChI is InChI=1S/C14H18ClN3O2/c1-2-6-17-9-11-3-4-13(12(15)8-11)20-10-14(19)18-7-5-16/h3-4,8,17H,2,6-7,9-10H2,1H3,(H,18,19). The van der Waals surface area contributed by atoms with Gasteiger partial charge in [-0.3, -0.25) is 4.79 Å². The number of amides is 1. The molecule has 1 rings (SSSR count). The van der Waals surface area contributed by atoms with Crippen molar-refractivity contribution < 1.29 is 9.53 Å². The molecule has 6 heteroatoms. The molecule has 1 aromatic rings. The molecule has 0 saturated carbocycles. The molecule has 0 atom stereocenters. The van der Waals surface area contributed by atoms with Crippen LogP contribution in [0.5, 0.6) is 5.75 Å². The lowest BCUT2D eigenvalue weighted by molar-refractivity contribution is -0.122. The maximum atomic E-state index is 11.3. The number of carbonyl (C=O) groups is 1. The van der Waals surface area contributed by atoms with Gasteiger partial charge in [0.25, 0.3) is 5.91 Å². The Hall–Kier alpha value is -1.77. The molecular formula is C14H18ClN3O2. The van der Waals surface area contributed by atoms with Crippen molar-refractivity contribution in [1.29, 1.82) is 5.26 Å². The van der Waals surface area contributed by atoms with Gasteiger partial charge in [0.1, 0.15) is 12.3 Å². The van der Waals surface area contributed by atoms with Gasteiger partial charge in [-0.25, -0.2) is 0 Å². The Bertz CT molecular complexity index is 486. The summed E-state index contributed by atoms with van der Waals surface area (Å²) in [6.45, 7) is 3.62. The van der Waals surface area contributed by atoms with Gasteiger partial charge in [-0.05, 0) is 30.7 Å². The summed E-state index contributed by atoms with van der Waals surface area (Å²) >= 11 is 6.09. The van der Waals surface area contributed by atoms with E-state index in [2.05, 4.69) is 17.6 Å². The third-order valence-electron chi connectivity index (χ3n) is 2.48. The minimum atomic E-state index is -0.351. The van der Waals surface area contributed by atoms with Crippen molar-refractivity contribution in [3.05, 3.63) is 28.8 Å². The first-order valence-corrected chi connectivity index (χ1v) is 6.80. The van der Waals surface area contributed by atoms with Crippen LogP contribution < -0.4 is 15.4 Å². The Labute approximate surface area is 123 Å². The van der Waals surface area contributed by atoms with Crippen molar-refractivity contribution >= 4 is 17.5 Å². The van der Waals surface area contributed by atoms with Gasteiger partial charge in [0, 0.05) is 6.54 Å². The molecule has 0 radical (unpaired) electrons. The summed E-state index contributed by atoms with van der Waals surface area (Å²) in [5.74, 6) is 0.106. The van der Waals surface area contributed by atoms with Gasteiger partial charge < -0.3 is 15.4 Å². The number of nitrogens with zero attached hydrogens (tertiary/aromatic N) is 1. The minimum absolute atomic E-state index is 0.0298. The van der Waals surface area contributed by atoms with Crippen molar-refractivity contribution in [1.82, 2.24) is 10.6 Å². The van der Waals surface area contributed by atoms with E-state index >= 15 is 0 Å². The predicted octanol–water partition coefficient (Wildman–Crippen LogP) is 1.86. The maximum Gasteiger partial charge on any atom is 0.258 e. The molecule has 0 aliphatic rings. The Kier molecular flexibility index (Phi) is 7.48. The van der Waals surface area contributed by atoms with Crippen molar-refractivity contribution in [3.8, 4) is 11.8 Å². The van der Waals surface area contributed by atoms with E-state index in [9.17, 15) is 4.79 Å². The van der Waals surface area contributed by atoms with Crippen LogP contribution in [-0.2, 0) is 11.3 Å². The number of carbonyl (C=O) groups excluding carboxylic acids is 1. The lowest BCUT2D eigenvalue weighted by Crippen LogP contribution is -2.29. The first kappa shape index (κ1) is 16.3. The first-order chi connectivity index (χ1) is 9.67. The number of nitriles is 1. The molecular weight excluding hydrogens is 278 g/mol. The fourth-order valence-corrected chi connectivity index (χ4v) is 1.77. The van der Waals surface area contributed by atoms with Gasteiger partial charge in [0.05, 0.1) is 11.1 Å². The van der Waals surface area contributed by atoms with Crippen LogP contribution in [-0.4, -0.2) is 25.6 Å². The molecule has 20 heavy (non-hydrogen) atoms. The topological polar surface area (TPSA) is 74.2 Å². The SMILES string of the molecule is CCCNCc1ccc(OCC(=O)NCC#N)c(Cl)c1. The Morgan fingerprint density at radius 1 is 1.50 bits per heavy atom. The quantitative estimate of drug-likeness (QED) is 0.567. The molecule has 0 bridgehead atoms. The lowest BCUT2D eigenvalue weighted by Gasteiger charge is -2.09. The van der Waals surface area contributed by atoms with Gasteiger partial charge >= 0.3 is 0 Å². The van der Waals surface area contributed by atoms with E-state index in [-0.39, 0.29) is 19.1 Å². The van der Waals surface area contributed by atoms with Crippen molar-refractivity contribution in [2.45, 2.75) is 19.9 Å². The Balaban J connectivity index is 2.47. The smallest absolute Gasteiger partial charge is 0.258 e. The number of benzene rings is 1. The largest absolute Gasteiger partial charge is 0.482 e. The normalized spacial score (nSPS) is 9.85. The molecule has 0 fully saturated rings. The Morgan fingerprint density at radius 2 is 2.30 bits per heavy atom. The second-order valence-corrected chi connectivity index (χ2v) is 4.57. The van der Waals surface area contributed by atoms with Gasteiger partial charge in [0.2, 0.25) is 0 Å². The van der Waals surface area contributed by atoms with Crippen LogP contribution in [0.15, 0.2) is 18.2 Å². The predicted molar refractivity (Wildman–Crippen MR) is 77.6 cm³/mol. The molecule has 108 valence electrons. The third kappa shape index (κ3) is 5.91. The van der Waals surface area contributed by atoms with Crippen molar-refractivity contribution in [3.63, 3.8) is 0 Å². The molecule has 0 unspecified atom stereocenters. The number of halogens is 1. The highest BCUT2D eigenvalue weighted by Gasteiger charge is 2.06. The minimum Gasteiger partial charge on any atom is -0.482 e. The highest BCUT2D eigenvalue weighted by Crippen LogP contribution is 2.25. The van der Waals surface area contributed by atoms with E-state index in [1.165, 1.54) is 0 Å². The van der Waals surface area contributed by atoms with E-state index < -0.39 is 0 Å². The van der Waals surface area contributed by atoms with E-state index in [1.54, 1.807) is 6.07 Å². The van der Waals surface area contributed by atoms with Crippen LogP contribution in [0.3, 0.4) is 0 Å². The summed E-state index contributed by atoms with van der Waals surface area (Å²) in [5, 5.41) is 14.5. The van der Waals surface area contributed by atoms with Gasteiger partial charge in [-0.1, -0.05) is 24.6 Å². The molecule has 0 aliphatic heterocycles. The number of rotatable bonds is 8. The molecule has 0 spiro atoms. The summed E-state index contributed by atoms with van der Waals surface area (Å²) in [7, 11) is 0. The van der Waals surface area contributed by atoms with E-state index in [1.807, 2.05) is 18.2 Å². The summed E-state index contributed by atoms with van der Waals surface area (Å²) < 4.78 is 5.30. The second-order valence-electron chi connectivity index (χ2n) is 4.17. The molecule has 2 N–H and O–H groups in total. The van der Waals surface area contributed by atoms with Crippen LogP contribution in [0.25, 0.3) is 0 Å². The average Bonchev–Trinajstić information content (AvgIpc) is 2.44. The van der Waals surface area contributed by atoms with Crippen molar-refractivity contribution in [2.75, 3.05) is 19.7 Å². The molecule has 0 saturated heterocycles. The second kappa shape index (κ2) is 9.18. The maximum absolute atomic E-state index is 11.3. The fraction of sp³-hybridized carbons (Fsp3) is 0.429. The summed E-state index contributed by atoms with van der Waals surface area (Å²) in [5.41, 5.74) is 1.06. The number of nitrogens with one attached hydrogen (secondary N) is 2. The summed E-state index contributed by atoms with van der Waals surface area (Å²) in [6.07, 6.45) is 1.08. The summed E-state index contributed by atoms with van der Waals surface area (Å²) in [6, 6.07) is 7.27. The third-order valence-corrected chi connectivity index (χ3v) is 2.77. The Morgan fingerprint density at radius 3 is 2.95 bits per heavy atom. The molecule has 0 aromatic heterocycles. The first-order valence-electron chi connectivity index (χ1n) is 6.43. The zero-order chi connectivity index (χ0) is 14.8. The zero-order valence-corrected chi connectivity index (χ0v) is 12.2. The molecule has 1 amide bonds. The molecule has 1 aromatic carbocycles. The number of ether oxygens (including phenoxy) is 1. The molecule has 5 nitrogen and oxygen atoms in total. The zero-order valence-electron chi connectivity index (χ0n) is 11.4. The van der Waals surface area contributed by atoms with E-state index in [4.69, 9.17) is 21.6 Å². The van der Waals surface area contributed by atoms with Crippen LogP contribution in [0.4, 0.5) is 0 Å². The highest BCUT2D eigenvalue weighted by atomic mass is 35.5. The van der Waals surface area contributed by atoms with Crippen LogP contribution in [0.2, 0.25) is 5.02 Å². The van der Waals surface area contributed by atoms with E-state index in [0.717, 1.165) is 25.1 Å². The van der Waals surface area contributed by atoms with E-state index in [0.29, 0.717) is 10.8 Å². The van der Waals surface area contributed by atoms with Crippen LogP contribution in [0, 0.1) is 11.3 Å². The van der Waals surface area contributed by atoms with Crippen LogP contribution >= 0.6 is 11.6 Å². The average molecular weight is 296 g/mol. The molecule has 0 heterocycles. The van der Waals surface area contributed by atoms with Gasteiger partial charge in [0.15, 0.2) is 6.61 Å². The van der Waals surface area contributed by atoms with Crippen LogP contribution in [0.1, 0.15) is 18.9 Å².